The van der Waals surface area contributed by atoms with E-state index in [0.29, 0.717) is 18.6 Å². The Labute approximate surface area is 173 Å². The molecule has 1 saturated carbocycles. The van der Waals surface area contributed by atoms with Crippen molar-refractivity contribution < 1.29 is 9.53 Å². The number of amides is 1. The Kier molecular flexibility index (Phi) is 5.60. The summed E-state index contributed by atoms with van der Waals surface area (Å²) in [4.78, 5) is 16.4. The number of aryl methyl sites for hydroxylation is 1. The summed E-state index contributed by atoms with van der Waals surface area (Å²) in [6.45, 7) is 1.42. The van der Waals surface area contributed by atoms with Gasteiger partial charge in [-0.05, 0) is 68.7 Å². The summed E-state index contributed by atoms with van der Waals surface area (Å²) >= 11 is 0. The van der Waals surface area contributed by atoms with E-state index in [-0.39, 0.29) is 12.0 Å². The highest BCUT2D eigenvalue weighted by molar-refractivity contribution is 5.99. The van der Waals surface area contributed by atoms with Gasteiger partial charge >= 0.3 is 0 Å². The quantitative estimate of drug-likeness (QED) is 0.704. The lowest BCUT2D eigenvalue weighted by atomic mass is 9.89. The fraction of sp³-hybridized carbons (Fsp3) is 0.625. The molecule has 2 fully saturated rings. The molecule has 156 valence electrons. The molecule has 5 nitrogen and oxygen atoms in total. The van der Waals surface area contributed by atoms with Crippen molar-refractivity contribution in [3.8, 4) is 0 Å². The van der Waals surface area contributed by atoms with Gasteiger partial charge in [0.25, 0.3) is 5.91 Å². The van der Waals surface area contributed by atoms with Crippen LogP contribution in [0.3, 0.4) is 0 Å². The lowest BCUT2D eigenvalue weighted by Crippen LogP contribution is -2.36. The molecule has 29 heavy (non-hydrogen) atoms. The van der Waals surface area contributed by atoms with Crippen molar-refractivity contribution in [2.24, 2.45) is 0 Å². The fourth-order valence-electron chi connectivity index (χ4n) is 5.44. The zero-order valence-corrected chi connectivity index (χ0v) is 17.3. The van der Waals surface area contributed by atoms with E-state index in [9.17, 15) is 4.79 Å². The van der Waals surface area contributed by atoms with Gasteiger partial charge < -0.3 is 20.4 Å². The van der Waals surface area contributed by atoms with Gasteiger partial charge in [-0.25, -0.2) is 0 Å². The zero-order chi connectivity index (χ0) is 19.6. The van der Waals surface area contributed by atoms with Crippen LogP contribution >= 0.6 is 0 Å². The maximum atomic E-state index is 12.7. The van der Waals surface area contributed by atoms with E-state index in [4.69, 9.17) is 4.74 Å². The number of ether oxygens (including phenoxy) is 1. The van der Waals surface area contributed by atoms with E-state index in [0.717, 1.165) is 36.9 Å². The number of fused-ring (bicyclic) bond motifs is 3. The Morgan fingerprint density at radius 3 is 2.79 bits per heavy atom. The van der Waals surface area contributed by atoms with Crippen LogP contribution in [0.25, 0.3) is 10.9 Å². The van der Waals surface area contributed by atoms with Crippen LogP contribution in [0.4, 0.5) is 0 Å². The molecule has 0 spiro atoms. The Morgan fingerprint density at radius 2 is 1.97 bits per heavy atom. The van der Waals surface area contributed by atoms with Crippen LogP contribution in [0.2, 0.25) is 0 Å². The number of benzene rings is 1. The molecule has 1 unspecified atom stereocenters. The molecule has 2 atom stereocenters. The summed E-state index contributed by atoms with van der Waals surface area (Å²) in [6.07, 6.45) is 12.5. The summed E-state index contributed by atoms with van der Waals surface area (Å²) in [5.41, 5.74) is 4.67. The minimum Gasteiger partial charge on any atom is -0.376 e. The van der Waals surface area contributed by atoms with Crippen LogP contribution in [0.15, 0.2) is 18.2 Å². The van der Waals surface area contributed by atoms with Crippen LogP contribution in [-0.2, 0) is 11.2 Å². The Bertz CT molecular complexity index is 862. The molecule has 3 N–H and O–H groups in total. The number of nitrogens with one attached hydrogen (secondary N) is 3. The second-order valence-electron chi connectivity index (χ2n) is 9.07. The molecule has 2 heterocycles. The third-order valence-corrected chi connectivity index (χ3v) is 7.03. The van der Waals surface area contributed by atoms with Gasteiger partial charge in [-0.2, -0.15) is 0 Å². The van der Waals surface area contributed by atoms with Gasteiger partial charge in [-0.1, -0.05) is 19.3 Å². The van der Waals surface area contributed by atoms with E-state index >= 15 is 0 Å². The number of carbonyl (C=O) groups is 1. The van der Waals surface area contributed by atoms with Gasteiger partial charge in [-0.3, -0.25) is 4.79 Å². The highest BCUT2D eigenvalue weighted by Gasteiger charge is 2.27. The molecule has 2 aromatic rings. The van der Waals surface area contributed by atoms with Crippen molar-refractivity contribution in [1.82, 2.24) is 15.6 Å². The summed E-state index contributed by atoms with van der Waals surface area (Å²) in [7, 11) is 0. The van der Waals surface area contributed by atoms with Crippen LogP contribution in [0.1, 0.15) is 85.4 Å². The number of hydrogen-bond donors (Lipinski definition) is 3. The highest BCUT2D eigenvalue weighted by atomic mass is 16.5. The molecule has 1 amide bonds. The predicted octanol–water partition coefficient (Wildman–Crippen LogP) is 4.38. The number of aromatic nitrogens is 1. The third kappa shape index (κ3) is 4.08. The maximum Gasteiger partial charge on any atom is 0.251 e. The lowest BCUT2D eigenvalue weighted by Gasteiger charge is -2.31. The van der Waals surface area contributed by atoms with Crippen molar-refractivity contribution >= 4 is 16.8 Å². The Morgan fingerprint density at radius 1 is 1.07 bits per heavy atom. The molecule has 5 rings (SSSR count). The number of aromatic amines is 1. The maximum absolute atomic E-state index is 12.7. The van der Waals surface area contributed by atoms with Gasteiger partial charge in [0.15, 0.2) is 0 Å². The van der Waals surface area contributed by atoms with E-state index < -0.39 is 0 Å². The Balaban J connectivity index is 1.33. The number of H-pyrrole nitrogens is 1. The highest BCUT2D eigenvalue weighted by Crippen LogP contribution is 2.36. The minimum atomic E-state index is 0.00467. The van der Waals surface area contributed by atoms with Gasteiger partial charge in [0.2, 0.25) is 0 Å². The number of hydrogen-bond acceptors (Lipinski definition) is 3. The van der Waals surface area contributed by atoms with Gasteiger partial charge in [-0.15, -0.1) is 0 Å². The average molecular weight is 396 g/mol. The average Bonchev–Trinajstić information content (AvgIpc) is 3.41. The molecule has 1 aromatic heterocycles. The van der Waals surface area contributed by atoms with Crippen molar-refractivity contribution in [2.75, 3.05) is 13.2 Å². The number of rotatable bonds is 5. The standard InChI is InChI=1S/C24H33N3O2/c28-24(25-15-18-8-5-13-29-18)16-11-12-21-20(14-16)19-9-4-10-22(23(19)27-21)26-17-6-2-1-3-7-17/h11-12,14,17-18,22,26-27H,1-10,13,15H2,(H,25,28)/t18-,22?/m1/s1. The van der Waals surface area contributed by atoms with Crippen LogP contribution in [0, 0.1) is 0 Å². The molecule has 1 aromatic carbocycles. The molecule has 2 aliphatic carbocycles. The summed E-state index contributed by atoms with van der Waals surface area (Å²) in [5.74, 6) is 0.00467. The van der Waals surface area contributed by atoms with Gasteiger partial charge in [0, 0.05) is 47.4 Å². The molecule has 1 aliphatic heterocycles. The van der Waals surface area contributed by atoms with Crippen LogP contribution in [0.5, 0.6) is 0 Å². The molecule has 1 saturated heterocycles. The van der Waals surface area contributed by atoms with E-state index in [2.05, 4.69) is 27.8 Å². The molecular weight excluding hydrogens is 362 g/mol. The second-order valence-corrected chi connectivity index (χ2v) is 9.07. The van der Waals surface area contributed by atoms with Crippen molar-refractivity contribution in [3.63, 3.8) is 0 Å². The molecule has 5 heteroatoms. The first kappa shape index (κ1) is 19.1. The Hall–Kier alpha value is -1.85. The topological polar surface area (TPSA) is 66.1 Å². The van der Waals surface area contributed by atoms with E-state index in [1.807, 2.05) is 6.07 Å². The largest absolute Gasteiger partial charge is 0.376 e. The lowest BCUT2D eigenvalue weighted by molar-refractivity contribution is 0.0858. The van der Waals surface area contributed by atoms with Crippen molar-refractivity contribution in [3.05, 3.63) is 35.0 Å². The summed E-state index contributed by atoms with van der Waals surface area (Å²) in [5, 5.41) is 8.22. The minimum absolute atomic E-state index is 0.00467. The van der Waals surface area contributed by atoms with Crippen LogP contribution in [-0.4, -0.2) is 36.2 Å². The van der Waals surface area contributed by atoms with E-state index in [1.54, 1.807) is 0 Å². The van der Waals surface area contributed by atoms with Crippen molar-refractivity contribution in [2.45, 2.75) is 82.4 Å². The first-order valence-corrected chi connectivity index (χ1v) is 11.6. The first-order chi connectivity index (χ1) is 14.3. The van der Waals surface area contributed by atoms with Crippen molar-refractivity contribution in [1.29, 1.82) is 0 Å². The van der Waals surface area contributed by atoms with Gasteiger partial charge in [0.1, 0.15) is 0 Å². The molecule has 3 aliphatic rings. The monoisotopic (exact) mass is 395 g/mol. The zero-order valence-electron chi connectivity index (χ0n) is 17.3. The smallest absolute Gasteiger partial charge is 0.251 e. The second kappa shape index (κ2) is 8.49. The SMILES string of the molecule is O=C(NC[C@H]1CCCO1)c1ccc2[nH]c3c(c2c1)CCCC3NC1CCCCC1. The van der Waals surface area contributed by atoms with Crippen LogP contribution < -0.4 is 10.6 Å². The summed E-state index contributed by atoms with van der Waals surface area (Å²) < 4.78 is 5.62. The molecular formula is C24H33N3O2. The molecule has 0 bridgehead atoms. The van der Waals surface area contributed by atoms with E-state index in [1.165, 1.54) is 61.6 Å². The molecule has 0 radical (unpaired) electrons. The normalized spacial score (nSPS) is 25.2. The third-order valence-electron chi connectivity index (χ3n) is 7.03. The fourth-order valence-corrected chi connectivity index (χ4v) is 5.44. The summed E-state index contributed by atoms with van der Waals surface area (Å²) in [6, 6.07) is 7.18. The first-order valence-electron chi connectivity index (χ1n) is 11.6. The van der Waals surface area contributed by atoms with Gasteiger partial charge in [0.05, 0.1) is 6.10 Å². The number of carbonyl (C=O) groups excluding carboxylic acids is 1. The predicted molar refractivity (Wildman–Crippen MR) is 115 cm³/mol.